The second-order valence-electron chi connectivity index (χ2n) is 6.89. The van der Waals surface area contributed by atoms with E-state index in [0.29, 0.717) is 6.04 Å². The Labute approximate surface area is 159 Å². The molecule has 2 aromatic carbocycles. The number of aromatic nitrogens is 3. The van der Waals surface area contributed by atoms with Crippen LogP contribution in [0.4, 0.5) is 0 Å². The van der Waals surface area contributed by atoms with E-state index < -0.39 is 0 Å². The Balaban J connectivity index is 1.46. The fourth-order valence-electron chi connectivity index (χ4n) is 3.84. The first-order valence-corrected chi connectivity index (χ1v) is 9.36. The highest BCUT2D eigenvalue weighted by Gasteiger charge is 2.31. The zero-order chi connectivity index (χ0) is 18.5. The number of hydrogen-bond acceptors (Lipinski definition) is 3. The minimum atomic E-state index is 0.107. The van der Waals surface area contributed by atoms with E-state index >= 15 is 0 Å². The molecule has 2 heterocycles. The fraction of sp³-hybridized carbons (Fsp3) is 0.286. The van der Waals surface area contributed by atoms with Crippen molar-refractivity contribution in [3.8, 4) is 0 Å². The van der Waals surface area contributed by atoms with Crippen LogP contribution >= 0.6 is 0 Å². The Morgan fingerprint density at radius 2 is 1.56 bits per heavy atom. The Hall–Kier alpha value is -2.99. The third-order valence-corrected chi connectivity index (χ3v) is 5.20. The first-order valence-electron chi connectivity index (χ1n) is 9.36. The number of carbonyl (C=O) groups is 1. The molecule has 0 unspecified atom stereocenters. The van der Waals surface area contributed by atoms with Crippen LogP contribution in [-0.2, 0) is 11.3 Å². The van der Waals surface area contributed by atoms with Gasteiger partial charge in [0.2, 0.25) is 5.91 Å². The number of rotatable bonds is 5. The first kappa shape index (κ1) is 17.4. The number of amides is 1. The number of benzene rings is 2. The van der Waals surface area contributed by atoms with E-state index in [-0.39, 0.29) is 12.5 Å². The van der Waals surface area contributed by atoms with Crippen molar-refractivity contribution in [1.29, 1.82) is 0 Å². The highest BCUT2D eigenvalue weighted by atomic mass is 16.2. The molecule has 0 aliphatic carbocycles. The number of nitrogens with one attached hydrogen (secondary N) is 1. The maximum absolute atomic E-state index is 12.5. The van der Waals surface area contributed by atoms with Gasteiger partial charge in [-0.1, -0.05) is 60.7 Å². The maximum atomic E-state index is 12.5. The second-order valence-corrected chi connectivity index (χ2v) is 6.89. The van der Waals surface area contributed by atoms with Crippen LogP contribution < -0.4 is 4.90 Å². The van der Waals surface area contributed by atoms with E-state index in [1.165, 1.54) is 22.4 Å². The Morgan fingerprint density at radius 3 is 2.07 bits per heavy atom. The standard InChI is InChI=1S/C21H23N5O/c27-20(15-26-17-22-16-23-26)24-11-13-25(14-12-24)21(18-7-3-1-4-8-18)19-9-5-2-6-10-19/h1-10,16-17,21H,11-15H2/p+1. The van der Waals surface area contributed by atoms with Gasteiger partial charge in [0.15, 0.2) is 0 Å². The predicted molar refractivity (Wildman–Crippen MR) is 102 cm³/mol. The van der Waals surface area contributed by atoms with Gasteiger partial charge < -0.3 is 9.80 Å². The summed E-state index contributed by atoms with van der Waals surface area (Å²) >= 11 is 0. The van der Waals surface area contributed by atoms with Crippen molar-refractivity contribution < 1.29 is 9.69 Å². The lowest BCUT2D eigenvalue weighted by molar-refractivity contribution is -0.929. The lowest BCUT2D eigenvalue weighted by Gasteiger charge is -2.37. The average Bonchev–Trinajstić information content (AvgIpc) is 3.23. The normalized spacial score (nSPS) is 15.2. The molecule has 6 heteroatoms. The summed E-state index contributed by atoms with van der Waals surface area (Å²) in [6.45, 7) is 3.64. The van der Waals surface area contributed by atoms with Gasteiger partial charge in [-0.3, -0.25) is 4.79 Å². The molecule has 1 aliphatic heterocycles. The monoisotopic (exact) mass is 362 g/mol. The molecule has 0 saturated carbocycles. The molecule has 4 rings (SSSR count). The molecule has 1 saturated heterocycles. The molecule has 0 atom stereocenters. The second kappa shape index (κ2) is 8.14. The van der Waals surface area contributed by atoms with Crippen LogP contribution in [-0.4, -0.2) is 51.8 Å². The van der Waals surface area contributed by atoms with Crippen molar-refractivity contribution in [2.75, 3.05) is 26.2 Å². The molecule has 0 spiro atoms. The largest absolute Gasteiger partial charge is 0.330 e. The number of nitrogens with zero attached hydrogens (tertiary/aromatic N) is 4. The van der Waals surface area contributed by atoms with Crippen LogP contribution in [0.5, 0.6) is 0 Å². The highest BCUT2D eigenvalue weighted by Crippen LogP contribution is 2.19. The Kier molecular flexibility index (Phi) is 5.25. The minimum absolute atomic E-state index is 0.107. The third-order valence-electron chi connectivity index (χ3n) is 5.20. The van der Waals surface area contributed by atoms with Crippen molar-refractivity contribution in [3.63, 3.8) is 0 Å². The molecule has 1 aliphatic rings. The van der Waals surface area contributed by atoms with Crippen LogP contribution in [0.1, 0.15) is 17.2 Å². The molecule has 1 aromatic heterocycles. The maximum Gasteiger partial charge on any atom is 0.244 e. The summed E-state index contributed by atoms with van der Waals surface area (Å²) in [6.07, 6.45) is 3.04. The van der Waals surface area contributed by atoms with E-state index in [9.17, 15) is 4.79 Å². The van der Waals surface area contributed by atoms with Crippen LogP contribution in [0.3, 0.4) is 0 Å². The number of hydrogen-bond donors (Lipinski definition) is 1. The van der Waals surface area contributed by atoms with Crippen LogP contribution in [0.25, 0.3) is 0 Å². The summed E-state index contributed by atoms with van der Waals surface area (Å²) < 4.78 is 1.58. The van der Waals surface area contributed by atoms with Gasteiger partial charge in [0.1, 0.15) is 25.2 Å². The molecule has 1 N–H and O–H groups in total. The van der Waals surface area contributed by atoms with Crippen LogP contribution in [0.15, 0.2) is 73.3 Å². The summed E-state index contributed by atoms with van der Waals surface area (Å²) in [6, 6.07) is 21.6. The molecular weight excluding hydrogens is 338 g/mol. The van der Waals surface area contributed by atoms with Gasteiger partial charge >= 0.3 is 0 Å². The number of carbonyl (C=O) groups excluding carboxylic acids is 1. The van der Waals surface area contributed by atoms with E-state index in [2.05, 4.69) is 70.7 Å². The first-order chi connectivity index (χ1) is 13.3. The summed E-state index contributed by atoms with van der Waals surface area (Å²) in [5, 5.41) is 4.03. The lowest BCUT2D eigenvalue weighted by Crippen LogP contribution is -3.15. The summed E-state index contributed by atoms with van der Waals surface area (Å²) in [5.41, 5.74) is 2.64. The van der Waals surface area contributed by atoms with Crippen LogP contribution in [0, 0.1) is 0 Å². The number of quaternary nitrogens is 1. The molecule has 1 fully saturated rings. The average molecular weight is 362 g/mol. The summed E-state index contributed by atoms with van der Waals surface area (Å²) in [7, 11) is 0. The Bertz CT molecular complexity index is 803. The lowest BCUT2D eigenvalue weighted by atomic mass is 9.96. The van der Waals surface area contributed by atoms with Gasteiger partial charge in [-0.05, 0) is 0 Å². The SMILES string of the molecule is O=C(Cn1cncn1)N1CC[NH+](C(c2ccccc2)c2ccccc2)CC1. The summed E-state index contributed by atoms with van der Waals surface area (Å²) in [5.74, 6) is 0.107. The van der Waals surface area contributed by atoms with Gasteiger partial charge in [0.05, 0.1) is 26.2 Å². The minimum Gasteiger partial charge on any atom is -0.330 e. The quantitative estimate of drug-likeness (QED) is 0.730. The topological polar surface area (TPSA) is 55.5 Å². The highest BCUT2D eigenvalue weighted by molar-refractivity contribution is 5.75. The van der Waals surface area contributed by atoms with Crippen LogP contribution in [0.2, 0.25) is 0 Å². The molecule has 27 heavy (non-hydrogen) atoms. The molecule has 1 amide bonds. The van der Waals surface area contributed by atoms with Gasteiger partial charge in [-0.2, -0.15) is 5.10 Å². The van der Waals surface area contributed by atoms with Crippen molar-refractivity contribution >= 4 is 5.91 Å². The van der Waals surface area contributed by atoms with Gasteiger partial charge in [-0.15, -0.1) is 0 Å². The van der Waals surface area contributed by atoms with Crippen molar-refractivity contribution in [1.82, 2.24) is 19.7 Å². The van der Waals surface area contributed by atoms with Crippen molar-refractivity contribution in [2.45, 2.75) is 12.6 Å². The summed E-state index contributed by atoms with van der Waals surface area (Å²) in [4.78, 5) is 19.8. The molecule has 0 bridgehead atoms. The zero-order valence-corrected chi connectivity index (χ0v) is 15.2. The zero-order valence-electron chi connectivity index (χ0n) is 15.2. The Morgan fingerprint density at radius 1 is 0.963 bits per heavy atom. The van der Waals surface area contributed by atoms with E-state index in [4.69, 9.17) is 0 Å². The fourth-order valence-corrected chi connectivity index (χ4v) is 3.84. The van der Waals surface area contributed by atoms with E-state index in [1.807, 2.05) is 4.90 Å². The smallest absolute Gasteiger partial charge is 0.244 e. The van der Waals surface area contributed by atoms with E-state index in [0.717, 1.165) is 26.2 Å². The van der Waals surface area contributed by atoms with Gasteiger partial charge in [0, 0.05) is 11.1 Å². The van der Waals surface area contributed by atoms with Gasteiger partial charge in [-0.25, -0.2) is 9.67 Å². The molecular formula is C21H24N5O+. The van der Waals surface area contributed by atoms with E-state index in [1.54, 1.807) is 11.0 Å². The predicted octanol–water partition coefficient (Wildman–Crippen LogP) is 0.795. The third kappa shape index (κ3) is 4.06. The number of piperazine rings is 1. The van der Waals surface area contributed by atoms with Crippen molar-refractivity contribution in [2.24, 2.45) is 0 Å². The molecule has 3 aromatic rings. The molecule has 0 radical (unpaired) electrons. The van der Waals surface area contributed by atoms with Gasteiger partial charge in [0.25, 0.3) is 0 Å². The molecule has 138 valence electrons. The van der Waals surface area contributed by atoms with Crippen molar-refractivity contribution in [3.05, 3.63) is 84.4 Å². The molecule has 6 nitrogen and oxygen atoms in total.